The number of carbonyl (C=O) groups excluding carboxylic acids is 3. The number of hydrogen-bond donors (Lipinski definition) is 0. The normalized spacial score (nSPS) is 11.5. The van der Waals surface area contributed by atoms with Crippen molar-refractivity contribution in [1.82, 2.24) is 0 Å². The summed E-state index contributed by atoms with van der Waals surface area (Å²) in [5.74, 6) is -1.36. The van der Waals surface area contributed by atoms with Gasteiger partial charge in [-0.1, -0.05) is 26.7 Å². The van der Waals surface area contributed by atoms with Gasteiger partial charge in [0.15, 0.2) is 0 Å². The van der Waals surface area contributed by atoms with Crippen LogP contribution in [0.25, 0.3) is 0 Å². The quantitative estimate of drug-likeness (QED) is 0.567. The van der Waals surface area contributed by atoms with Crippen molar-refractivity contribution in [2.24, 2.45) is 5.92 Å². The first-order valence-electron chi connectivity index (χ1n) is 7.43. The van der Waals surface area contributed by atoms with Gasteiger partial charge >= 0.3 is 17.9 Å². The molecule has 0 aliphatic carbocycles. The van der Waals surface area contributed by atoms with Crippen molar-refractivity contribution >= 4 is 17.9 Å². The van der Waals surface area contributed by atoms with E-state index in [1.807, 2.05) is 13.8 Å². The second-order valence-electron chi connectivity index (χ2n) is 5.30. The maximum absolute atomic E-state index is 11.9. The van der Waals surface area contributed by atoms with Crippen LogP contribution >= 0.6 is 0 Å². The highest BCUT2D eigenvalue weighted by Crippen LogP contribution is 2.20. The van der Waals surface area contributed by atoms with Gasteiger partial charge in [0, 0.05) is 6.42 Å². The van der Waals surface area contributed by atoms with E-state index in [0.717, 1.165) is 12.8 Å². The molecule has 0 spiro atoms. The average molecular weight is 322 g/mol. The van der Waals surface area contributed by atoms with Crippen LogP contribution < -0.4 is 4.74 Å². The van der Waals surface area contributed by atoms with Crippen molar-refractivity contribution in [3.8, 4) is 5.75 Å². The minimum Gasteiger partial charge on any atom is -0.465 e. The van der Waals surface area contributed by atoms with Crippen LogP contribution in [0.2, 0.25) is 0 Å². The first-order chi connectivity index (χ1) is 10.9. The Morgan fingerprint density at radius 2 is 1.52 bits per heavy atom. The summed E-state index contributed by atoms with van der Waals surface area (Å²) in [5, 5.41) is 0. The zero-order valence-corrected chi connectivity index (χ0v) is 13.9. The summed E-state index contributed by atoms with van der Waals surface area (Å²) in [5.41, 5.74) is 0.222. The lowest BCUT2D eigenvalue weighted by Gasteiger charge is -2.11. The summed E-state index contributed by atoms with van der Waals surface area (Å²) >= 11 is 0. The lowest BCUT2D eigenvalue weighted by Crippen LogP contribution is -2.14. The molecule has 0 heterocycles. The van der Waals surface area contributed by atoms with Crippen LogP contribution in [0.15, 0.2) is 18.2 Å². The fraction of sp³-hybridized carbons (Fsp3) is 0.471. The molecule has 0 saturated heterocycles. The molecule has 23 heavy (non-hydrogen) atoms. The Morgan fingerprint density at radius 3 is 1.96 bits per heavy atom. The minimum atomic E-state index is -0.632. The van der Waals surface area contributed by atoms with Crippen LogP contribution in [0.4, 0.5) is 0 Å². The van der Waals surface area contributed by atoms with Gasteiger partial charge in [0.25, 0.3) is 0 Å². The molecule has 0 aliphatic heterocycles. The third-order valence-corrected chi connectivity index (χ3v) is 3.28. The third-order valence-electron chi connectivity index (χ3n) is 3.28. The smallest absolute Gasteiger partial charge is 0.338 e. The molecular formula is C17H22O6. The Balaban J connectivity index is 2.98. The van der Waals surface area contributed by atoms with E-state index in [4.69, 9.17) is 4.74 Å². The molecule has 1 aromatic carbocycles. The zero-order valence-electron chi connectivity index (χ0n) is 13.9. The largest absolute Gasteiger partial charge is 0.465 e. The van der Waals surface area contributed by atoms with Gasteiger partial charge in [-0.05, 0) is 24.1 Å². The van der Waals surface area contributed by atoms with Gasteiger partial charge in [0.05, 0.1) is 25.3 Å². The van der Waals surface area contributed by atoms with Crippen LogP contribution in [0.5, 0.6) is 5.75 Å². The number of ether oxygens (including phenoxy) is 3. The Morgan fingerprint density at radius 1 is 1.00 bits per heavy atom. The topological polar surface area (TPSA) is 78.9 Å². The van der Waals surface area contributed by atoms with E-state index in [2.05, 4.69) is 9.47 Å². The molecule has 1 atom stereocenters. The van der Waals surface area contributed by atoms with Crippen molar-refractivity contribution in [1.29, 1.82) is 0 Å². The summed E-state index contributed by atoms with van der Waals surface area (Å²) in [6, 6.07) is 4.05. The minimum absolute atomic E-state index is 0.111. The monoisotopic (exact) mass is 322 g/mol. The summed E-state index contributed by atoms with van der Waals surface area (Å²) in [6.07, 6.45) is 2.17. The predicted octanol–water partition coefficient (Wildman–Crippen LogP) is 2.99. The molecule has 0 saturated carbocycles. The molecule has 6 nitrogen and oxygen atoms in total. The fourth-order valence-electron chi connectivity index (χ4n) is 2.18. The lowest BCUT2D eigenvalue weighted by molar-refractivity contribution is -0.135. The summed E-state index contributed by atoms with van der Waals surface area (Å²) in [7, 11) is 2.45. The van der Waals surface area contributed by atoms with Crippen LogP contribution in [-0.2, 0) is 14.3 Å². The highest BCUT2D eigenvalue weighted by atomic mass is 16.5. The van der Waals surface area contributed by atoms with Crippen molar-refractivity contribution < 1.29 is 28.6 Å². The van der Waals surface area contributed by atoms with Crippen molar-refractivity contribution in [2.75, 3.05) is 14.2 Å². The summed E-state index contributed by atoms with van der Waals surface area (Å²) in [4.78, 5) is 35.3. The van der Waals surface area contributed by atoms with E-state index in [-0.39, 0.29) is 29.2 Å². The SMILES string of the molecule is CCCC(C)CC(=O)Oc1cc(C(=O)OC)cc(C(=O)OC)c1. The molecule has 0 aliphatic rings. The van der Waals surface area contributed by atoms with Gasteiger partial charge in [0.2, 0.25) is 0 Å². The van der Waals surface area contributed by atoms with Crippen LogP contribution in [0.3, 0.4) is 0 Å². The number of benzene rings is 1. The van der Waals surface area contributed by atoms with Crippen molar-refractivity contribution in [3.05, 3.63) is 29.3 Å². The summed E-state index contributed by atoms with van der Waals surface area (Å²) in [6.45, 7) is 4.01. The number of rotatable bonds is 7. The number of hydrogen-bond acceptors (Lipinski definition) is 6. The molecule has 1 rings (SSSR count). The second kappa shape index (κ2) is 8.92. The fourth-order valence-corrected chi connectivity index (χ4v) is 2.18. The van der Waals surface area contributed by atoms with Crippen molar-refractivity contribution in [3.63, 3.8) is 0 Å². The first kappa shape index (κ1) is 18.7. The van der Waals surface area contributed by atoms with Gasteiger partial charge in [-0.3, -0.25) is 4.79 Å². The Bertz CT molecular complexity index is 544. The Labute approximate surface area is 135 Å². The third kappa shape index (κ3) is 5.73. The molecule has 0 aromatic heterocycles. The molecule has 0 radical (unpaired) electrons. The first-order valence-corrected chi connectivity index (χ1v) is 7.43. The highest BCUT2D eigenvalue weighted by molar-refractivity contribution is 5.96. The van der Waals surface area contributed by atoms with Gasteiger partial charge < -0.3 is 14.2 Å². The van der Waals surface area contributed by atoms with E-state index in [1.165, 1.54) is 32.4 Å². The predicted molar refractivity (Wildman–Crippen MR) is 83.4 cm³/mol. The Kier molecular flexibility index (Phi) is 7.25. The Hall–Kier alpha value is -2.37. The lowest BCUT2D eigenvalue weighted by atomic mass is 10.0. The molecule has 6 heteroatoms. The molecule has 1 unspecified atom stereocenters. The molecule has 0 bridgehead atoms. The number of esters is 3. The van der Waals surface area contributed by atoms with Crippen molar-refractivity contribution in [2.45, 2.75) is 33.1 Å². The highest BCUT2D eigenvalue weighted by Gasteiger charge is 2.17. The molecule has 0 fully saturated rings. The maximum atomic E-state index is 11.9. The average Bonchev–Trinajstić information content (AvgIpc) is 2.52. The van der Waals surface area contributed by atoms with Gasteiger partial charge in [-0.25, -0.2) is 9.59 Å². The molecule has 0 amide bonds. The van der Waals surface area contributed by atoms with Crippen LogP contribution in [0.1, 0.15) is 53.8 Å². The van der Waals surface area contributed by atoms with Crippen LogP contribution in [-0.4, -0.2) is 32.1 Å². The summed E-state index contributed by atoms with van der Waals surface area (Å²) < 4.78 is 14.5. The maximum Gasteiger partial charge on any atom is 0.338 e. The zero-order chi connectivity index (χ0) is 17.4. The van der Waals surface area contributed by atoms with E-state index in [1.54, 1.807) is 0 Å². The van der Waals surface area contributed by atoms with Gasteiger partial charge in [-0.2, -0.15) is 0 Å². The van der Waals surface area contributed by atoms with Crippen LogP contribution in [0, 0.1) is 5.92 Å². The van der Waals surface area contributed by atoms with E-state index < -0.39 is 17.9 Å². The van der Waals surface area contributed by atoms with E-state index in [0.29, 0.717) is 0 Å². The molecular weight excluding hydrogens is 300 g/mol. The second-order valence-corrected chi connectivity index (χ2v) is 5.30. The van der Waals surface area contributed by atoms with E-state index in [9.17, 15) is 14.4 Å². The number of methoxy groups -OCH3 is 2. The van der Waals surface area contributed by atoms with E-state index >= 15 is 0 Å². The molecule has 126 valence electrons. The van der Waals surface area contributed by atoms with Gasteiger partial charge in [0.1, 0.15) is 5.75 Å². The standard InChI is InChI=1S/C17H22O6/c1-5-6-11(2)7-15(18)23-14-9-12(16(19)21-3)8-13(10-14)17(20)22-4/h8-11H,5-7H2,1-4H3. The molecule has 0 N–H and O–H groups in total. The van der Waals surface area contributed by atoms with Gasteiger partial charge in [-0.15, -0.1) is 0 Å². The molecule has 1 aromatic rings. The number of carbonyl (C=O) groups is 3.